The Morgan fingerprint density at radius 1 is 0.722 bits per heavy atom. The zero-order valence-corrected chi connectivity index (χ0v) is 21.7. The third-order valence-electron chi connectivity index (χ3n) is 5.13. The molecule has 0 amide bonds. The number of anilines is 3. The standard InChI is InChI=1S/C22H20Cl2N4O7S/c1-31-16-9-14(18(33-3)7-11(16)23)25-13-5-6-20(22-21(13)26-35-27-22)36(29,30)28-15-10-17(32-2)12(24)8-19(15)34-4/h5-10,25,28H,1-4H3. The molecule has 1 heterocycles. The zero-order valence-electron chi connectivity index (χ0n) is 19.4. The fourth-order valence-electron chi connectivity index (χ4n) is 3.40. The molecule has 0 atom stereocenters. The lowest BCUT2D eigenvalue weighted by Crippen LogP contribution is -2.14. The van der Waals surface area contributed by atoms with Gasteiger partial charge in [0.1, 0.15) is 27.9 Å². The highest BCUT2D eigenvalue weighted by Crippen LogP contribution is 2.40. The van der Waals surface area contributed by atoms with Crippen molar-refractivity contribution < 1.29 is 32.0 Å². The lowest BCUT2D eigenvalue weighted by atomic mass is 10.2. The second-order valence-corrected chi connectivity index (χ2v) is 9.64. The molecule has 0 aliphatic carbocycles. The number of halogens is 2. The van der Waals surface area contributed by atoms with Gasteiger partial charge in [0.25, 0.3) is 10.0 Å². The molecule has 0 fully saturated rings. The molecule has 2 N–H and O–H groups in total. The number of nitrogens with zero attached hydrogens (tertiary/aromatic N) is 2. The minimum absolute atomic E-state index is 0.00714. The van der Waals surface area contributed by atoms with Crippen molar-refractivity contribution in [2.75, 3.05) is 38.5 Å². The molecule has 0 saturated heterocycles. The highest BCUT2D eigenvalue weighted by Gasteiger charge is 2.25. The Bertz CT molecular complexity index is 1540. The summed E-state index contributed by atoms with van der Waals surface area (Å²) in [6.07, 6.45) is 0. The fraction of sp³-hybridized carbons (Fsp3) is 0.182. The quantitative estimate of drug-likeness (QED) is 0.287. The Hall–Kier alpha value is -3.61. The number of ether oxygens (including phenoxy) is 4. The van der Waals surface area contributed by atoms with Crippen molar-refractivity contribution in [2.45, 2.75) is 4.90 Å². The molecular formula is C22H20Cl2N4O7S. The van der Waals surface area contributed by atoms with E-state index in [0.29, 0.717) is 27.9 Å². The summed E-state index contributed by atoms with van der Waals surface area (Å²) in [6, 6.07) is 8.93. The van der Waals surface area contributed by atoms with Crippen LogP contribution in [0.15, 0.2) is 45.9 Å². The van der Waals surface area contributed by atoms with E-state index >= 15 is 0 Å². The molecule has 0 aliphatic rings. The number of methoxy groups -OCH3 is 4. The Morgan fingerprint density at radius 2 is 1.25 bits per heavy atom. The summed E-state index contributed by atoms with van der Waals surface area (Å²) in [5.74, 6) is 1.29. The number of aromatic nitrogens is 2. The van der Waals surface area contributed by atoms with Crippen LogP contribution in [0.1, 0.15) is 0 Å². The van der Waals surface area contributed by atoms with Gasteiger partial charge in [-0.05, 0) is 22.4 Å². The van der Waals surface area contributed by atoms with Crippen molar-refractivity contribution in [1.82, 2.24) is 10.3 Å². The predicted octanol–water partition coefficient (Wildman–Crippen LogP) is 5.11. The number of benzene rings is 3. The smallest absolute Gasteiger partial charge is 0.264 e. The lowest BCUT2D eigenvalue weighted by molar-refractivity contribution is 0.315. The number of hydrogen-bond acceptors (Lipinski definition) is 10. The molecular weight excluding hydrogens is 535 g/mol. The summed E-state index contributed by atoms with van der Waals surface area (Å²) >= 11 is 12.3. The number of fused-ring (bicyclic) bond motifs is 1. The van der Waals surface area contributed by atoms with E-state index < -0.39 is 10.0 Å². The van der Waals surface area contributed by atoms with Gasteiger partial charge in [-0.3, -0.25) is 4.72 Å². The van der Waals surface area contributed by atoms with Gasteiger partial charge < -0.3 is 24.3 Å². The Kier molecular flexibility index (Phi) is 7.20. The van der Waals surface area contributed by atoms with Gasteiger partial charge in [0, 0.05) is 24.3 Å². The van der Waals surface area contributed by atoms with Gasteiger partial charge in [-0.2, -0.15) is 0 Å². The van der Waals surface area contributed by atoms with Crippen LogP contribution in [0.3, 0.4) is 0 Å². The van der Waals surface area contributed by atoms with Crippen LogP contribution in [0.2, 0.25) is 10.0 Å². The minimum Gasteiger partial charge on any atom is -0.495 e. The maximum atomic E-state index is 13.3. The molecule has 0 bridgehead atoms. The first-order valence-electron chi connectivity index (χ1n) is 10.1. The van der Waals surface area contributed by atoms with Gasteiger partial charge in [0.05, 0.1) is 55.5 Å². The van der Waals surface area contributed by atoms with Crippen LogP contribution in [0, 0.1) is 0 Å². The Morgan fingerprint density at radius 3 is 1.83 bits per heavy atom. The van der Waals surface area contributed by atoms with Crippen molar-refractivity contribution in [3.63, 3.8) is 0 Å². The molecule has 0 unspecified atom stereocenters. The average Bonchev–Trinajstić information content (AvgIpc) is 3.35. The van der Waals surface area contributed by atoms with E-state index in [4.69, 9.17) is 46.8 Å². The third kappa shape index (κ3) is 4.74. The molecule has 1 aromatic heterocycles. The SMILES string of the molecule is COc1cc(Nc2ccc(S(=O)(=O)Nc3cc(OC)c(Cl)cc3OC)c3nonc23)c(OC)cc1Cl. The number of sulfonamides is 1. The first kappa shape index (κ1) is 25.5. The molecule has 36 heavy (non-hydrogen) atoms. The molecule has 0 radical (unpaired) electrons. The van der Waals surface area contributed by atoms with Crippen molar-refractivity contribution in [2.24, 2.45) is 0 Å². The van der Waals surface area contributed by atoms with E-state index in [1.54, 1.807) is 12.1 Å². The van der Waals surface area contributed by atoms with Crippen LogP contribution in [0.25, 0.3) is 11.0 Å². The predicted molar refractivity (Wildman–Crippen MR) is 135 cm³/mol. The van der Waals surface area contributed by atoms with Gasteiger partial charge >= 0.3 is 0 Å². The molecule has 0 spiro atoms. The summed E-state index contributed by atoms with van der Waals surface area (Å²) < 4.78 is 55.1. The van der Waals surface area contributed by atoms with E-state index in [0.717, 1.165) is 0 Å². The Labute approximate surface area is 216 Å². The summed E-state index contributed by atoms with van der Waals surface area (Å²) in [7, 11) is 1.58. The lowest BCUT2D eigenvalue weighted by Gasteiger charge is -2.16. The molecule has 11 nitrogen and oxygen atoms in total. The fourth-order valence-corrected chi connectivity index (χ4v) is 5.06. The molecule has 0 saturated carbocycles. The maximum Gasteiger partial charge on any atom is 0.264 e. The highest BCUT2D eigenvalue weighted by atomic mass is 35.5. The second kappa shape index (κ2) is 10.2. The van der Waals surface area contributed by atoms with E-state index in [1.807, 2.05) is 0 Å². The largest absolute Gasteiger partial charge is 0.495 e. The highest BCUT2D eigenvalue weighted by molar-refractivity contribution is 7.93. The van der Waals surface area contributed by atoms with Crippen molar-refractivity contribution in [3.05, 3.63) is 46.4 Å². The molecule has 4 aromatic rings. The first-order chi connectivity index (χ1) is 17.2. The van der Waals surface area contributed by atoms with Crippen LogP contribution in [0.4, 0.5) is 17.1 Å². The molecule has 14 heteroatoms. The molecule has 0 aliphatic heterocycles. The van der Waals surface area contributed by atoms with Crippen molar-refractivity contribution >= 4 is 61.3 Å². The molecule has 3 aromatic carbocycles. The van der Waals surface area contributed by atoms with Crippen molar-refractivity contribution in [1.29, 1.82) is 0 Å². The van der Waals surface area contributed by atoms with E-state index in [1.165, 1.54) is 52.7 Å². The number of hydrogen-bond donors (Lipinski definition) is 2. The topological polar surface area (TPSA) is 134 Å². The second-order valence-electron chi connectivity index (χ2n) is 7.18. The van der Waals surface area contributed by atoms with Crippen molar-refractivity contribution in [3.8, 4) is 23.0 Å². The van der Waals surface area contributed by atoms with E-state index in [9.17, 15) is 8.42 Å². The minimum atomic E-state index is -4.18. The summed E-state index contributed by atoms with van der Waals surface area (Å²) in [5, 5.41) is 11.4. The van der Waals surface area contributed by atoms with Gasteiger partial charge in [0.15, 0.2) is 11.0 Å². The first-order valence-corrected chi connectivity index (χ1v) is 12.3. The van der Waals surface area contributed by atoms with Crippen LogP contribution >= 0.6 is 23.2 Å². The summed E-state index contributed by atoms with van der Waals surface area (Å²) in [6.45, 7) is 0. The summed E-state index contributed by atoms with van der Waals surface area (Å²) in [4.78, 5) is -0.180. The monoisotopic (exact) mass is 554 g/mol. The van der Waals surface area contributed by atoms with Gasteiger partial charge in [0.2, 0.25) is 0 Å². The summed E-state index contributed by atoms with van der Waals surface area (Å²) in [5.41, 5.74) is 1.17. The van der Waals surface area contributed by atoms with Crippen LogP contribution in [0.5, 0.6) is 23.0 Å². The van der Waals surface area contributed by atoms with Gasteiger partial charge in [-0.1, -0.05) is 23.2 Å². The average molecular weight is 555 g/mol. The van der Waals surface area contributed by atoms with Gasteiger partial charge in [-0.15, -0.1) is 0 Å². The van der Waals surface area contributed by atoms with Crippen LogP contribution in [-0.2, 0) is 10.0 Å². The molecule has 190 valence electrons. The maximum absolute atomic E-state index is 13.3. The van der Waals surface area contributed by atoms with E-state index in [-0.39, 0.29) is 38.1 Å². The number of rotatable bonds is 9. The van der Waals surface area contributed by atoms with E-state index in [2.05, 4.69) is 20.4 Å². The molecule has 4 rings (SSSR count). The normalized spacial score (nSPS) is 11.3. The Balaban J connectivity index is 1.75. The third-order valence-corrected chi connectivity index (χ3v) is 7.12. The van der Waals surface area contributed by atoms with Crippen LogP contribution in [-0.4, -0.2) is 47.2 Å². The van der Waals surface area contributed by atoms with Crippen LogP contribution < -0.4 is 29.0 Å². The zero-order chi connectivity index (χ0) is 26.0. The number of nitrogens with one attached hydrogen (secondary N) is 2. The van der Waals surface area contributed by atoms with Gasteiger partial charge in [-0.25, -0.2) is 13.0 Å².